The molecular weight excluding hydrogens is 989 g/mol. The zero-order valence-corrected chi connectivity index (χ0v) is 49.8. The quantitative estimate of drug-likeness (QED) is 0.138. The molecule has 0 unspecified atom stereocenters. The van der Waals surface area contributed by atoms with Gasteiger partial charge in [0, 0.05) is 32.8 Å². The molecule has 0 bridgehead atoms. The van der Waals surface area contributed by atoms with Crippen LogP contribution in [0.4, 0.5) is 17.1 Å². The molecule has 0 N–H and O–H groups in total. The summed E-state index contributed by atoms with van der Waals surface area (Å²) in [6, 6.07) is 87.6. The van der Waals surface area contributed by atoms with E-state index in [1.165, 1.54) is 127 Å². The molecule has 0 aliphatic rings. The van der Waals surface area contributed by atoms with Gasteiger partial charge in [0.1, 0.15) is 0 Å². The van der Waals surface area contributed by atoms with Crippen molar-refractivity contribution in [3.05, 3.63) is 253 Å². The molecule has 0 aliphatic carbocycles. The fraction of sp³-hybridized carbons (Fsp3) is 0.200. The molecule has 0 radical (unpaired) electrons. The van der Waals surface area contributed by atoms with Gasteiger partial charge in [-0.15, -0.1) is 0 Å². The molecule has 0 fully saturated rings. The van der Waals surface area contributed by atoms with Crippen molar-refractivity contribution in [2.45, 2.75) is 105 Å². The van der Waals surface area contributed by atoms with Gasteiger partial charge in [0.2, 0.25) is 0 Å². The van der Waals surface area contributed by atoms with E-state index in [0.717, 1.165) is 17.1 Å². The Kier molecular flexibility index (Phi) is 12.5. The predicted octanol–water partition coefficient (Wildman–Crippen LogP) is 23.0. The molecule has 12 aromatic carbocycles. The molecular formula is C80H74N2. The van der Waals surface area contributed by atoms with Crippen molar-refractivity contribution < 1.29 is 0 Å². The van der Waals surface area contributed by atoms with Gasteiger partial charge >= 0.3 is 0 Å². The predicted molar refractivity (Wildman–Crippen MR) is 356 cm³/mol. The molecule has 13 aromatic rings. The smallest absolute Gasteiger partial charge is 0.0541 e. The number of rotatable bonds is 8. The number of aromatic nitrogens is 1. The van der Waals surface area contributed by atoms with Crippen LogP contribution >= 0.6 is 0 Å². The van der Waals surface area contributed by atoms with Crippen molar-refractivity contribution in [1.82, 2.24) is 4.57 Å². The number of anilines is 3. The Balaban J connectivity index is 1.02. The summed E-state index contributed by atoms with van der Waals surface area (Å²) in [5.41, 5.74) is 21.9. The van der Waals surface area contributed by atoms with Gasteiger partial charge in [-0.3, -0.25) is 0 Å². The Morgan fingerprint density at radius 2 is 0.695 bits per heavy atom. The van der Waals surface area contributed by atoms with Gasteiger partial charge in [0.25, 0.3) is 0 Å². The molecule has 404 valence electrons. The van der Waals surface area contributed by atoms with Crippen LogP contribution in [0.2, 0.25) is 0 Å². The van der Waals surface area contributed by atoms with Crippen molar-refractivity contribution >= 4 is 71.2 Å². The van der Waals surface area contributed by atoms with Crippen LogP contribution in [0.25, 0.3) is 104 Å². The van der Waals surface area contributed by atoms with Crippen LogP contribution in [0.5, 0.6) is 0 Å². The molecule has 1 aromatic heterocycles. The van der Waals surface area contributed by atoms with Gasteiger partial charge in [0.05, 0.1) is 28.1 Å². The topological polar surface area (TPSA) is 8.17 Å². The van der Waals surface area contributed by atoms with E-state index < -0.39 is 0 Å². The summed E-state index contributed by atoms with van der Waals surface area (Å²) in [5, 5.41) is 10.1. The standard InChI is InChI=1S/C80H74N2/c1-77(2,3)60-33-25-53(26-34-60)58-19-16-20-59(47-58)54-27-38-64(39-28-54)81(72-44-35-61(78(4,5)6)48-67(72)55-23-21-52(22-24-55)51-17-14-13-15-18-51)70-42-31-56-30-41-66-71(43-32-57-29-40-65(70)75(56)76(57)66)82-73-45-36-62(79(7,8)9)49-68(73)69-50-63(80(10,11)12)37-46-74(69)82/h13-50H,1-12H3. The summed E-state index contributed by atoms with van der Waals surface area (Å²) in [7, 11) is 0. The second-order valence-corrected chi connectivity index (χ2v) is 27.1. The Morgan fingerprint density at radius 3 is 1.27 bits per heavy atom. The third-order valence-corrected chi connectivity index (χ3v) is 17.4. The van der Waals surface area contributed by atoms with Gasteiger partial charge < -0.3 is 9.47 Å². The third-order valence-electron chi connectivity index (χ3n) is 17.4. The van der Waals surface area contributed by atoms with Crippen LogP contribution in [0, 0.1) is 0 Å². The first-order chi connectivity index (χ1) is 39.2. The highest BCUT2D eigenvalue weighted by molar-refractivity contribution is 6.27. The van der Waals surface area contributed by atoms with Crippen LogP contribution in [-0.4, -0.2) is 4.57 Å². The van der Waals surface area contributed by atoms with Gasteiger partial charge in [-0.2, -0.15) is 0 Å². The molecule has 82 heavy (non-hydrogen) atoms. The fourth-order valence-corrected chi connectivity index (χ4v) is 12.5. The van der Waals surface area contributed by atoms with Crippen LogP contribution in [-0.2, 0) is 21.7 Å². The summed E-state index contributed by atoms with van der Waals surface area (Å²) in [4.78, 5) is 2.53. The molecule has 0 spiro atoms. The van der Waals surface area contributed by atoms with Crippen molar-refractivity contribution in [2.75, 3.05) is 4.90 Å². The maximum absolute atomic E-state index is 2.54. The summed E-state index contributed by atoms with van der Waals surface area (Å²) in [5.74, 6) is 0. The average molecular weight is 1060 g/mol. The van der Waals surface area contributed by atoms with Crippen LogP contribution < -0.4 is 4.90 Å². The van der Waals surface area contributed by atoms with E-state index in [4.69, 9.17) is 0 Å². The minimum atomic E-state index is -0.0717. The minimum absolute atomic E-state index is 0.0129. The molecule has 0 saturated heterocycles. The van der Waals surface area contributed by atoms with Gasteiger partial charge in [0.15, 0.2) is 0 Å². The lowest BCUT2D eigenvalue weighted by atomic mass is 9.84. The molecule has 2 nitrogen and oxygen atoms in total. The van der Waals surface area contributed by atoms with Crippen LogP contribution in [0.15, 0.2) is 231 Å². The SMILES string of the molecule is CC(C)(C)c1ccc(-c2cccc(-c3ccc(N(c4ccc(C(C)(C)C)cc4-c4ccc(-c5ccccc5)cc4)c4ccc5ccc6c(-n7c8ccc(C(C)(C)C)cc8c8cc(C(C)(C)C)ccc87)ccc7ccc4c5c76)cc3)c2)cc1. The monoisotopic (exact) mass is 1060 g/mol. The van der Waals surface area contributed by atoms with Crippen LogP contribution in [0.3, 0.4) is 0 Å². The highest BCUT2D eigenvalue weighted by atomic mass is 15.1. The summed E-state index contributed by atoms with van der Waals surface area (Å²) >= 11 is 0. The van der Waals surface area contributed by atoms with E-state index in [9.17, 15) is 0 Å². The Bertz CT molecular complexity index is 4470. The number of nitrogens with zero attached hydrogens (tertiary/aromatic N) is 2. The zero-order valence-electron chi connectivity index (χ0n) is 49.8. The van der Waals surface area contributed by atoms with E-state index in [0.29, 0.717) is 0 Å². The maximum Gasteiger partial charge on any atom is 0.0541 e. The molecule has 1 heterocycles. The molecule has 0 aliphatic heterocycles. The number of hydrogen-bond acceptors (Lipinski definition) is 1. The van der Waals surface area contributed by atoms with E-state index in [2.05, 4.69) is 323 Å². The first kappa shape index (κ1) is 52.6. The van der Waals surface area contributed by atoms with E-state index in [-0.39, 0.29) is 21.7 Å². The molecule has 13 rings (SSSR count). The largest absolute Gasteiger partial charge is 0.309 e. The normalized spacial score (nSPS) is 12.6. The van der Waals surface area contributed by atoms with E-state index in [1.54, 1.807) is 0 Å². The van der Waals surface area contributed by atoms with Crippen molar-refractivity contribution in [3.8, 4) is 50.2 Å². The molecule has 0 saturated carbocycles. The van der Waals surface area contributed by atoms with Crippen molar-refractivity contribution in [2.24, 2.45) is 0 Å². The Morgan fingerprint density at radius 1 is 0.280 bits per heavy atom. The van der Waals surface area contributed by atoms with E-state index >= 15 is 0 Å². The van der Waals surface area contributed by atoms with Crippen LogP contribution in [0.1, 0.15) is 105 Å². The Hall–Kier alpha value is -8.72. The lowest BCUT2D eigenvalue weighted by molar-refractivity contribution is 0.590. The minimum Gasteiger partial charge on any atom is -0.309 e. The molecule has 2 heteroatoms. The first-order valence-electron chi connectivity index (χ1n) is 29.4. The average Bonchev–Trinajstić information content (AvgIpc) is 2.18. The highest BCUT2D eigenvalue weighted by Gasteiger charge is 2.27. The highest BCUT2D eigenvalue weighted by Crippen LogP contribution is 2.49. The first-order valence-corrected chi connectivity index (χ1v) is 29.4. The Labute approximate surface area is 485 Å². The second kappa shape index (κ2) is 19.5. The molecule has 0 amide bonds. The third kappa shape index (κ3) is 9.33. The van der Waals surface area contributed by atoms with Gasteiger partial charge in [-0.05, 0) is 171 Å². The summed E-state index contributed by atoms with van der Waals surface area (Å²) in [6.45, 7) is 27.7. The maximum atomic E-state index is 2.54. The van der Waals surface area contributed by atoms with E-state index in [1.807, 2.05) is 0 Å². The van der Waals surface area contributed by atoms with Crippen molar-refractivity contribution in [1.29, 1.82) is 0 Å². The fourth-order valence-electron chi connectivity index (χ4n) is 12.5. The van der Waals surface area contributed by atoms with Gasteiger partial charge in [-0.25, -0.2) is 0 Å². The summed E-state index contributed by atoms with van der Waals surface area (Å²) < 4.78 is 2.54. The zero-order chi connectivity index (χ0) is 57.0. The summed E-state index contributed by atoms with van der Waals surface area (Å²) in [6.07, 6.45) is 0. The number of fused-ring (bicyclic) bond motifs is 3. The second-order valence-electron chi connectivity index (χ2n) is 27.1. The lowest BCUT2D eigenvalue weighted by Gasteiger charge is -2.31. The van der Waals surface area contributed by atoms with Crippen molar-refractivity contribution in [3.63, 3.8) is 0 Å². The number of benzene rings is 12. The van der Waals surface area contributed by atoms with Gasteiger partial charge in [-0.1, -0.05) is 247 Å². The lowest BCUT2D eigenvalue weighted by Crippen LogP contribution is -2.15. The number of hydrogen-bond donors (Lipinski definition) is 0. The molecule has 0 atom stereocenters.